The number of fused-ring (bicyclic) bond motifs is 1. The molecule has 30 heavy (non-hydrogen) atoms. The van der Waals surface area contributed by atoms with Crippen molar-refractivity contribution in [2.24, 2.45) is 5.92 Å². The average Bonchev–Trinajstić information content (AvgIpc) is 2.77. The normalized spacial score (nSPS) is 15.9. The predicted molar refractivity (Wildman–Crippen MR) is 117 cm³/mol. The molecule has 0 saturated carbocycles. The van der Waals surface area contributed by atoms with Gasteiger partial charge in [0.2, 0.25) is 5.91 Å². The summed E-state index contributed by atoms with van der Waals surface area (Å²) in [7, 11) is 0. The first-order valence-electron chi connectivity index (χ1n) is 9.96. The van der Waals surface area contributed by atoms with Crippen LogP contribution in [-0.2, 0) is 17.9 Å². The van der Waals surface area contributed by atoms with Gasteiger partial charge in [0, 0.05) is 22.9 Å². The zero-order valence-corrected chi connectivity index (χ0v) is 17.1. The fourth-order valence-electron chi connectivity index (χ4n) is 3.49. The van der Waals surface area contributed by atoms with Gasteiger partial charge in [0.15, 0.2) is 5.82 Å². The van der Waals surface area contributed by atoms with Gasteiger partial charge in [-0.15, -0.1) is 0 Å². The summed E-state index contributed by atoms with van der Waals surface area (Å²) in [5.74, 6) is 0.903. The summed E-state index contributed by atoms with van der Waals surface area (Å²) in [5, 5.41) is 7.66. The van der Waals surface area contributed by atoms with E-state index in [9.17, 15) is 9.18 Å². The quantitative estimate of drug-likeness (QED) is 0.546. The lowest BCUT2D eigenvalue weighted by Crippen LogP contribution is -2.31. The van der Waals surface area contributed by atoms with Crippen LogP contribution in [0, 0.1) is 11.7 Å². The number of carbonyl (C=O) groups is 1. The Labute approximate surface area is 179 Å². The van der Waals surface area contributed by atoms with Crippen LogP contribution in [0.3, 0.4) is 0 Å². The number of nitrogens with one attached hydrogen (secondary N) is 2. The minimum Gasteiger partial charge on any atom is -0.365 e. The Hall–Kier alpha value is -2.99. The maximum absolute atomic E-state index is 13.1. The van der Waals surface area contributed by atoms with Crippen LogP contribution in [-0.4, -0.2) is 15.9 Å². The van der Waals surface area contributed by atoms with E-state index in [1.165, 1.54) is 12.1 Å². The Balaban J connectivity index is 1.53. The standard InChI is InChI=1S/C23H22ClFN4O/c24-17-8-11-19-20(12-17)28-21(14-27-23(30)16-4-2-1-3-5-16)29-22(19)26-13-15-6-9-18(25)10-7-15/h1-2,6-12,16H,3-5,13-14H2,(H,27,30)(H,26,28,29). The molecule has 154 valence electrons. The Morgan fingerprint density at radius 1 is 1.10 bits per heavy atom. The van der Waals surface area contributed by atoms with Crippen LogP contribution in [0.5, 0.6) is 0 Å². The minimum atomic E-state index is -0.271. The summed E-state index contributed by atoms with van der Waals surface area (Å²) in [6, 6.07) is 11.7. The Morgan fingerprint density at radius 2 is 1.93 bits per heavy atom. The van der Waals surface area contributed by atoms with Crippen molar-refractivity contribution in [3.05, 3.63) is 76.8 Å². The number of hydrogen-bond acceptors (Lipinski definition) is 4. The first-order chi connectivity index (χ1) is 14.6. The number of anilines is 1. The third-order valence-electron chi connectivity index (χ3n) is 5.14. The molecule has 7 heteroatoms. The maximum atomic E-state index is 13.1. The molecule has 0 fully saturated rings. The lowest BCUT2D eigenvalue weighted by molar-refractivity contribution is -0.125. The van der Waals surface area contributed by atoms with Crippen LogP contribution in [0.2, 0.25) is 5.02 Å². The van der Waals surface area contributed by atoms with Crippen molar-refractivity contribution in [2.45, 2.75) is 32.4 Å². The molecule has 1 atom stereocenters. The van der Waals surface area contributed by atoms with E-state index in [1.807, 2.05) is 6.07 Å². The molecule has 0 saturated heterocycles. The fourth-order valence-corrected chi connectivity index (χ4v) is 3.66. The van der Waals surface area contributed by atoms with Crippen LogP contribution in [0.25, 0.3) is 10.9 Å². The van der Waals surface area contributed by atoms with Gasteiger partial charge >= 0.3 is 0 Å². The van der Waals surface area contributed by atoms with E-state index in [-0.39, 0.29) is 24.2 Å². The highest BCUT2D eigenvalue weighted by Gasteiger charge is 2.19. The maximum Gasteiger partial charge on any atom is 0.223 e. The minimum absolute atomic E-state index is 0.000900. The van der Waals surface area contributed by atoms with Gasteiger partial charge in [-0.2, -0.15) is 0 Å². The third kappa shape index (κ3) is 4.94. The van der Waals surface area contributed by atoms with Gasteiger partial charge < -0.3 is 10.6 Å². The van der Waals surface area contributed by atoms with E-state index >= 15 is 0 Å². The van der Waals surface area contributed by atoms with Crippen molar-refractivity contribution >= 4 is 34.2 Å². The average molecular weight is 425 g/mol. The number of rotatable bonds is 6. The van der Waals surface area contributed by atoms with E-state index in [0.717, 1.165) is 30.2 Å². The summed E-state index contributed by atoms with van der Waals surface area (Å²) >= 11 is 6.15. The lowest BCUT2D eigenvalue weighted by Gasteiger charge is -2.17. The number of halogens is 2. The SMILES string of the molecule is O=C(NCc1nc(NCc2ccc(F)cc2)c2ccc(Cl)cc2n1)C1CC=CCC1. The number of aromatic nitrogens is 2. The van der Waals surface area contributed by atoms with E-state index in [4.69, 9.17) is 11.6 Å². The Morgan fingerprint density at radius 3 is 2.70 bits per heavy atom. The van der Waals surface area contributed by atoms with Gasteiger partial charge in [-0.3, -0.25) is 4.79 Å². The molecule has 5 nitrogen and oxygen atoms in total. The summed E-state index contributed by atoms with van der Waals surface area (Å²) in [6.45, 7) is 0.724. The third-order valence-corrected chi connectivity index (χ3v) is 5.37. The topological polar surface area (TPSA) is 66.9 Å². The first-order valence-corrected chi connectivity index (χ1v) is 10.3. The van der Waals surface area contributed by atoms with Crippen molar-refractivity contribution in [1.82, 2.24) is 15.3 Å². The molecule has 1 aliphatic carbocycles. The molecular formula is C23H22ClFN4O. The molecule has 0 radical (unpaired) electrons. The number of carbonyl (C=O) groups excluding carboxylic acids is 1. The molecule has 0 aliphatic heterocycles. The van der Waals surface area contributed by atoms with Crippen molar-refractivity contribution < 1.29 is 9.18 Å². The van der Waals surface area contributed by atoms with Gasteiger partial charge in [0.1, 0.15) is 11.6 Å². The van der Waals surface area contributed by atoms with Crippen molar-refractivity contribution in [3.8, 4) is 0 Å². The van der Waals surface area contributed by atoms with Crippen molar-refractivity contribution in [2.75, 3.05) is 5.32 Å². The first kappa shape index (κ1) is 20.3. The van der Waals surface area contributed by atoms with Crippen LogP contribution < -0.4 is 10.6 Å². The summed E-state index contributed by atoms with van der Waals surface area (Å²) in [5.41, 5.74) is 1.63. The summed E-state index contributed by atoms with van der Waals surface area (Å²) in [6.07, 6.45) is 6.73. The smallest absolute Gasteiger partial charge is 0.223 e. The molecule has 2 N–H and O–H groups in total. The van der Waals surface area contributed by atoms with E-state index < -0.39 is 0 Å². The molecule has 4 rings (SSSR count). The second-order valence-electron chi connectivity index (χ2n) is 7.33. The number of amides is 1. The summed E-state index contributed by atoms with van der Waals surface area (Å²) in [4.78, 5) is 21.6. The highest BCUT2D eigenvalue weighted by Crippen LogP contribution is 2.24. The Bertz CT molecular complexity index is 1080. The lowest BCUT2D eigenvalue weighted by atomic mass is 9.94. The highest BCUT2D eigenvalue weighted by molar-refractivity contribution is 6.31. The van der Waals surface area contributed by atoms with Crippen molar-refractivity contribution in [1.29, 1.82) is 0 Å². The number of benzene rings is 2. The van der Waals surface area contributed by atoms with Crippen molar-refractivity contribution in [3.63, 3.8) is 0 Å². The van der Waals surface area contributed by atoms with Crippen LogP contribution >= 0.6 is 11.6 Å². The summed E-state index contributed by atoms with van der Waals surface area (Å²) < 4.78 is 13.1. The van der Waals surface area contributed by atoms with Crippen LogP contribution in [0.4, 0.5) is 10.2 Å². The monoisotopic (exact) mass is 424 g/mol. The van der Waals surface area contributed by atoms with Crippen LogP contribution in [0.1, 0.15) is 30.7 Å². The highest BCUT2D eigenvalue weighted by atomic mass is 35.5. The molecule has 1 aliphatic rings. The van der Waals surface area contributed by atoms with Gasteiger partial charge in [-0.05, 0) is 55.2 Å². The van der Waals surface area contributed by atoms with E-state index in [2.05, 4.69) is 32.8 Å². The Kier molecular flexibility index (Phi) is 6.23. The molecule has 1 unspecified atom stereocenters. The largest absolute Gasteiger partial charge is 0.365 e. The van der Waals surface area contributed by atoms with E-state index in [0.29, 0.717) is 28.7 Å². The molecule has 1 aromatic heterocycles. The van der Waals surface area contributed by atoms with Gasteiger partial charge in [0.05, 0.1) is 12.1 Å². The molecule has 3 aromatic rings. The molecular weight excluding hydrogens is 403 g/mol. The number of allylic oxidation sites excluding steroid dienone is 2. The molecule has 2 aromatic carbocycles. The molecule has 0 spiro atoms. The molecule has 0 bridgehead atoms. The zero-order valence-electron chi connectivity index (χ0n) is 16.4. The van der Waals surface area contributed by atoms with Gasteiger partial charge in [-0.25, -0.2) is 14.4 Å². The molecule has 1 amide bonds. The van der Waals surface area contributed by atoms with Crippen LogP contribution in [0.15, 0.2) is 54.6 Å². The number of nitrogens with zero attached hydrogens (tertiary/aromatic N) is 2. The predicted octanol–water partition coefficient (Wildman–Crippen LogP) is 5.01. The second kappa shape index (κ2) is 9.22. The van der Waals surface area contributed by atoms with Gasteiger partial charge in [-0.1, -0.05) is 35.9 Å². The fraction of sp³-hybridized carbons (Fsp3) is 0.261. The van der Waals surface area contributed by atoms with Gasteiger partial charge in [0.25, 0.3) is 0 Å². The molecule has 1 heterocycles. The second-order valence-corrected chi connectivity index (χ2v) is 7.77. The zero-order chi connectivity index (χ0) is 20.9. The van der Waals surface area contributed by atoms with E-state index in [1.54, 1.807) is 24.3 Å². The number of hydrogen-bond donors (Lipinski definition) is 2.